The Hall–Kier alpha value is 0.349. The van der Waals surface area contributed by atoms with Gasteiger partial charge in [-0.05, 0) is 39.3 Å². The van der Waals surface area contributed by atoms with Crippen molar-refractivity contribution in [3.63, 3.8) is 0 Å². The van der Waals surface area contributed by atoms with E-state index in [0.717, 1.165) is 0 Å². The van der Waals surface area contributed by atoms with Crippen molar-refractivity contribution in [1.82, 2.24) is 0 Å². The summed E-state index contributed by atoms with van der Waals surface area (Å²) < 4.78 is 23.2. The Bertz CT molecular complexity index is 127. The molecule has 0 rings (SSSR count). The maximum absolute atomic E-state index is 13.0. The third-order valence-corrected chi connectivity index (χ3v) is 2.68. The fourth-order valence-corrected chi connectivity index (χ4v) is 1.88. The summed E-state index contributed by atoms with van der Waals surface area (Å²) in [7, 11) is -5.12. The van der Waals surface area contributed by atoms with Crippen molar-refractivity contribution in [2.24, 2.45) is 0 Å². The predicted molar refractivity (Wildman–Crippen MR) is 55.7 cm³/mol. The van der Waals surface area contributed by atoms with Gasteiger partial charge in [0, 0.05) is 0 Å². The van der Waals surface area contributed by atoms with Gasteiger partial charge in [-0.25, -0.2) is 0 Å². The number of rotatable bonds is 4. The minimum Gasteiger partial charge on any atom is -0.426 e. The zero-order valence-corrected chi connectivity index (χ0v) is 10.8. The van der Waals surface area contributed by atoms with Crippen LogP contribution in [0.5, 0.6) is 0 Å². The van der Waals surface area contributed by atoms with Crippen LogP contribution in [0.15, 0.2) is 0 Å². The molecule has 0 radical (unpaired) electrons. The fraction of sp³-hybridized carbons (Fsp3) is 1.00. The van der Waals surface area contributed by atoms with Crippen LogP contribution in [-0.4, -0.2) is 24.0 Å². The van der Waals surface area contributed by atoms with Gasteiger partial charge in [0.05, 0.1) is 0 Å². The average molecular weight is 208 g/mol. The summed E-state index contributed by atoms with van der Waals surface area (Å²) in [5, 5.41) is 0. The zero-order chi connectivity index (χ0) is 9.99. The Morgan fingerprint density at radius 1 is 0.833 bits per heavy atom. The van der Waals surface area contributed by atoms with Gasteiger partial charge >= 0.3 is 7.40 Å². The Kier molecular flexibility index (Phi) is 4.16. The lowest BCUT2D eigenvalue weighted by Gasteiger charge is -2.23. The Balaban J connectivity index is 3.83. The lowest BCUT2D eigenvalue weighted by molar-refractivity contribution is 0.354. The second kappa shape index (κ2) is 4.04. The second-order valence-electron chi connectivity index (χ2n) is 4.73. The second-order valence-corrected chi connectivity index (χ2v) is 13.7. The van der Waals surface area contributed by atoms with Gasteiger partial charge in [-0.15, -0.1) is 0 Å². The molecule has 0 aliphatic heterocycles. The van der Waals surface area contributed by atoms with Gasteiger partial charge in [-0.3, -0.25) is 4.32 Å². The lowest BCUT2D eigenvalue weighted by Crippen LogP contribution is -2.40. The highest BCUT2D eigenvalue weighted by molar-refractivity contribution is 6.79. The minimum absolute atomic E-state index is 1.52. The van der Waals surface area contributed by atoms with Crippen LogP contribution in [0, 0.1) is 0 Å². The summed E-state index contributed by atoms with van der Waals surface area (Å²) in [4.78, 5) is 0. The molecule has 0 aliphatic rings. The van der Waals surface area contributed by atoms with E-state index in [0.29, 0.717) is 0 Å². The van der Waals surface area contributed by atoms with Gasteiger partial charge in [-0.2, -0.15) is 0 Å². The van der Waals surface area contributed by atoms with Gasteiger partial charge in [0.2, 0.25) is 0 Å². The molecule has 6 heteroatoms. The van der Waals surface area contributed by atoms with Gasteiger partial charge < -0.3 is 8.69 Å². The molecule has 0 heterocycles. The van der Waals surface area contributed by atoms with Crippen molar-refractivity contribution >= 4 is 24.0 Å². The van der Waals surface area contributed by atoms with E-state index >= 15 is 0 Å². The first-order valence-electron chi connectivity index (χ1n) is 4.10. The van der Waals surface area contributed by atoms with Crippen molar-refractivity contribution in [3.05, 3.63) is 0 Å². The Morgan fingerprint density at radius 2 is 1.08 bits per heavy atom. The predicted octanol–water partition coefficient (Wildman–Crippen LogP) is 2.64. The van der Waals surface area contributed by atoms with Crippen LogP contribution in [0.4, 0.5) is 4.32 Å². The molecule has 2 nitrogen and oxygen atoms in total. The summed E-state index contributed by atoms with van der Waals surface area (Å²) in [6, 6.07) is 0. The molecule has 12 heavy (non-hydrogen) atoms. The molecule has 72 valence electrons. The molecule has 0 aromatic carbocycles. The largest absolute Gasteiger partial charge is 0.658 e. The van der Waals surface area contributed by atoms with E-state index in [2.05, 4.69) is 0 Å². The molecule has 0 atom stereocenters. The summed E-state index contributed by atoms with van der Waals surface area (Å²) in [6.45, 7) is 11.6. The van der Waals surface area contributed by atoms with Gasteiger partial charge in [0.25, 0.3) is 0 Å². The summed E-state index contributed by atoms with van der Waals surface area (Å²) in [5.41, 5.74) is 0. The topological polar surface area (TPSA) is 18.5 Å². The van der Waals surface area contributed by atoms with Gasteiger partial charge in [-0.1, -0.05) is 0 Å². The molecule has 0 aliphatic carbocycles. The fourth-order valence-electron chi connectivity index (χ4n) is 0.580. The highest BCUT2D eigenvalue weighted by Crippen LogP contribution is 2.11. The van der Waals surface area contributed by atoms with Crippen molar-refractivity contribution in [2.75, 3.05) is 0 Å². The molecule has 0 aromatic rings. The molecule has 0 amide bonds. The maximum Gasteiger partial charge on any atom is 0.658 e. The van der Waals surface area contributed by atoms with Crippen LogP contribution >= 0.6 is 0 Å². The quantitative estimate of drug-likeness (QED) is 0.661. The van der Waals surface area contributed by atoms with E-state index in [-0.39, 0.29) is 0 Å². The maximum atomic E-state index is 13.0. The molecule has 0 bridgehead atoms. The highest BCUT2D eigenvalue weighted by atomic mass is 28.4. The van der Waals surface area contributed by atoms with E-state index in [1.54, 1.807) is 0 Å². The van der Waals surface area contributed by atoms with E-state index in [4.69, 9.17) is 8.69 Å². The van der Waals surface area contributed by atoms with Gasteiger partial charge in [0.15, 0.2) is 16.6 Å². The van der Waals surface area contributed by atoms with Crippen LogP contribution in [-0.2, 0) is 8.69 Å². The number of hydrogen-bond donors (Lipinski definition) is 0. The molecule has 0 saturated heterocycles. The normalized spacial score (nSPS) is 13.2. The molecule has 0 N–H and O–H groups in total. The molecular weight excluding hydrogens is 190 g/mol. The van der Waals surface area contributed by atoms with E-state index < -0.39 is 24.0 Å². The van der Waals surface area contributed by atoms with E-state index in [9.17, 15) is 4.32 Å². The minimum atomic E-state index is -1.80. The van der Waals surface area contributed by atoms with Crippen LogP contribution in [0.25, 0.3) is 0 Å². The molecule has 0 saturated carbocycles. The molecule has 0 spiro atoms. The first-order valence-corrected chi connectivity index (χ1v) is 10.9. The van der Waals surface area contributed by atoms with Crippen LogP contribution in [0.2, 0.25) is 39.3 Å². The number of halogens is 1. The third kappa shape index (κ3) is 8.45. The van der Waals surface area contributed by atoms with Crippen molar-refractivity contribution in [1.29, 1.82) is 0 Å². The van der Waals surface area contributed by atoms with Crippen LogP contribution in [0.1, 0.15) is 0 Å². The molecular formula is C6H18BFO2Si2. The van der Waals surface area contributed by atoms with Crippen molar-refractivity contribution in [2.45, 2.75) is 39.3 Å². The lowest BCUT2D eigenvalue weighted by atomic mass is 10.3. The SMILES string of the molecule is C[Si](C)(C)OB(F)O[Si](C)(C)C. The molecule has 0 unspecified atom stereocenters. The first kappa shape index (κ1) is 12.3. The smallest absolute Gasteiger partial charge is 0.426 e. The summed E-state index contributed by atoms with van der Waals surface area (Å²) in [5.74, 6) is 0. The first-order chi connectivity index (χ1) is 5.10. The van der Waals surface area contributed by atoms with Crippen molar-refractivity contribution in [3.8, 4) is 0 Å². The van der Waals surface area contributed by atoms with Crippen LogP contribution < -0.4 is 0 Å². The highest BCUT2D eigenvalue weighted by Gasteiger charge is 2.32. The standard InChI is InChI=1S/C6H18BFO2Si2/c1-11(2,3)9-7(8)10-12(4,5)6/h1-6H3. The third-order valence-electron chi connectivity index (χ3n) is 0.892. The molecule has 0 fully saturated rings. The summed E-state index contributed by atoms with van der Waals surface area (Å²) in [6.07, 6.45) is 0. The van der Waals surface area contributed by atoms with Crippen LogP contribution in [0.3, 0.4) is 0 Å². The Labute approximate surface area is 76.9 Å². The summed E-state index contributed by atoms with van der Waals surface area (Å²) >= 11 is 0. The van der Waals surface area contributed by atoms with E-state index in [1.807, 2.05) is 39.3 Å². The number of hydrogen-bond acceptors (Lipinski definition) is 2. The van der Waals surface area contributed by atoms with Crippen molar-refractivity contribution < 1.29 is 13.0 Å². The molecule has 0 aromatic heterocycles. The average Bonchev–Trinajstić information content (AvgIpc) is 1.49. The van der Waals surface area contributed by atoms with E-state index in [1.165, 1.54) is 0 Å². The monoisotopic (exact) mass is 208 g/mol. The zero-order valence-electron chi connectivity index (χ0n) is 8.77. The Morgan fingerprint density at radius 3 is 1.25 bits per heavy atom. The van der Waals surface area contributed by atoms with Gasteiger partial charge in [0.1, 0.15) is 0 Å².